The van der Waals surface area contributed by atoms with Crippen molar-refractivity contribution in [3.05, 3.63) is 58.1 Å². The van der Waals surface area contributed by atoms with Gasteiger partial charge in [0.15, 0.2) is 5.75 Å². The Kier molecular flexibility index (Phi) is 6.37. The monoisotopic (exact) mass is 357 g/mol. The molecule has 0 saturated carbocycles. The van der Waals surface area contributed by atoms with Crippen molar-refractivity contribution in [2.24, 2.45) is 0 Å². The number of ether oxygens (including phenoxy) is 1. The molecule has 2 rings (SSSR count). The summed E-state index contributed by atoms with van der Waals surface area (Å²) in [6, 6.07) is 13.3. The first-order valence-corrected chi connectivity index (χ1v) is 8.28. The first kappa shape index (κ1) is 18.3. The molecule has 2 aromatic rings. The van der Waals surface area contributed by atoms with Crippen LogP contribution in [0.4, 0.5) is 11.4 Å². The van der Waals surface area contributed by atoms with Crippen molar-refractivity contribution in [3.8, 4) is 11.8 Å². The molecule has 0 fully saturated rings. The Bertz CT molecular complexity index is 833. The van der Waals surface area contributed by atoms with Gasteiger partial charge in [-0.2, -0.15) is 5.26 Å². The average Bonchev–Trinajstić information content (AvgIpc) is 2.62. The van der Waals surface area contributed by atoms with Crippen LogP contribution in [0.1, 0.15) is 16.8 Å². The van der Waals surface area contributed by atoms with Crippen molar-refractivity contribution in [1.29, 1.82) is 5.26 Å². The van der Waals surface area contributed by atoms with Gasteiger partial charge >= 0.3 is 5.69 Å². The molecule has 0 spiro atoms. The lowest BCUT2D eigenvalue weighted by atomic mass is 10.1. The van der Waals surface area contributed by atoms with Crippen LogP contribution in [0.25, 0.3) is 0 Å². The zero-order chi connectivity index (χ0) is 18.2. The third-order valence-electron chi connectivity index (χ3n) is 3.24. The lowest BCUT2D eigenvalue weighted by molar-refractivity contribution is -0.385. The predicted molar refractivity (Wildman–Crippen MR) is 95.0 cm³/mol. The zero-order valence-corrected chi connectivity index (χ0v) is 14.2. The van der Waals surface area contributed by atoms with Crippen molar-refractivity contribution in [2.75, 3.05) is 18.2 Å². The number of methoxy groups -OCH3 is 1. The van der Waals surface area contributed by atoms with Gasteiger partial charge in [-0.15, -0.1) is 11.8 Å². The molecule has 0 aromatic heterocycles. The second-order valence-electron chi connectivity index (χ2n) is 4.85. The zero-order valence-electron chi connectivity index (χ0n) is 13.4. The molecule has 0 saturated heterocycles. The summed E-state index contributed by atoms with van der Waals surface area (Å²) in [5.41, 5.74) is 0.477. The smallest absolute Gasteiger partial charge is 0.311 e. The van der Waals surface area contributed by atoms with Gasteiger partial charge in [0.2, 0.25) is 0 Å². The van der Waals surface area contributed by atoms with Crippen LogP contribution < -0.4 is 10.1 Å². The molecule has 0 heterocycles. The van der Waals surface area contributed by atoms with Crippen molar-refractivity contribution in [2.45, 2.75) is 11.3 Å². The van der Waals surface area contributed by atoms with Crippen molar-refractivity contribution < 1.29 is 14.5 Å². The number of amides is 1. The molecule has 2 aromatic carbocycles. The Balaban J connectivity index is 2.22. The molecule has 7 nitrogen and oxygen atoms in total. The number of anilines is 1. The van der Waals surface area contributed by atoms with Gasteiger partial charge in [0.05, 0.1) is 23.8 Å². The predicted octanol–water partition coefficient (Wildman–Crippen LogP) is 3.86. The van der Waals surface area contributed by atoms with Gasteiger partial charge in [0.25, 0.3) is 5.91 Å². The van der Waals surface area contributed by atoms with E-state index in [0.29, 0.717) is 17.9 Å². The highest BCUT2D eigenvalue weighted by Gasteiger charge is 2.18. The highest BCUT2D eigenvalue weighted by atomic mass is 32.2. The molecule has 8 heteroatoms. The molecule has 0 aliphatic rings. The van der Waals surface area contributed by atoms with Gasteiger partial charge in [-0.25, -0.2) is 0 Å². The molecule has 1 amide bonds. The van der Waals surface area contributed by atoms with Crippen LogP contribution in [0.15, 0.2) is 47.4 Å². The van der Waals surface area contributed by atoms with Crippen LogP contribution in [-0.4, -0.2) is 23.7 Å². The SMILES string of the molecule is COc1ccc(C(=O)Nc2ccccc2SCCC#N)cc1[N+](=O)[O-]. The number of nitrogens with one attached hydrogen (secondary N) is 1. The molecule has 128 valence electrons. The first-order chi connectivity index (χ1) is 12.1. The summed E-state index contributed by atoms with van der Waals surface area (Å²) < 4.78 is 4.93. The summed E-state index contributed by atoms with van der Waals surface area (Å²) in [6.07, 6.45) is 0.400. The van der Waals surface area contributed by atoms with E-state index in [-0.39, 0.29) is 17.0 Å². The Labute approximate surface area is 148 Å². The van der Waals surface area contributed by atoms with E-state index in [1.807, 2.05) is 12.1 Å². The number of thioether (sulfide) groups is 1. The summed E-state index contributed by atoms with van der Waals surface area (Å²) >= 11 is 1.46. The van der Waals surface area contributed by atoms with E-state index in [2.05, 4.69) is 11.4 Å². The molecular weight excluding hydrogens is 342 g/mol. The van der Waals surface area contributed by atoms with E-state index in [9.17, 15) is 14.9 Å². The maximum absolute atomic E-state index is 12.4. The fraction of sp³-hybridized carbons (Fsp3) is 0.176. The molecule has 0 atom stereocenters. The number of nitrogens with zero attached hydrogens (tertiary/aromatic N) is 2. The lowest BCUT2D eigenvalue weighted by Crippen LogP contribution is -2.13. The number of carbonyl (C=O) groups is 1. The summed E-state index contributed by atoms with van der Waals surface area (Å²) in [7, 11) is 1.33. The largest absolute Gasteiger partial charge is 0.490 e. The Morgan fingerprint density at radius 1 is 1.36 bits per heavy atom. The second-order valence-corrected chi connectivity index (χ2v) is 5.99. The van der Waals surface area contributed by atoms with Gasteiger partial charge in [0, 0.05) is 28.7 Å². The molecule has 1 N–H and O–H groups in total. The molecule has 0 aliphatic heterocycles. The number of rotatable bonds is 7. The number of nitro groups is 1. The van der Waals surface area contributed by atoms with Crippen molar-refractivity contribution in [3.63, 3.8) is 0 Å². The minimum Gasteiger partial charge on any atom is -0.490 e. The minimum absolute atomic E-state index is 0.0917. The number of hydrogen-bond acceptors (Lipinski definition) is 6. The minimum atomic E-state index is -0.596. The lowest BCUT2D eigenvalue weighted by Gasteiger charge is -2.10. The number of nitro benzene ring substituents is 1. The standard InChI is InChI=1S/C17H15N3O4S/c1-24-15-8-7-12(11-14(15)20(22)23)17(21)19-13-5-2-3-6-16(13)25-10-4-9-18/h2-3,5-8,11H,4,10H2,1H3,(H,19,21). The number of nitriles is 1. The Morgan fingerprint density at radius 2 is 2.12 bits per heavy atom. The topological polar surface area (TPSA) is 105 Å². The average molecular weight is 357 g/mol. The number of carbonyl (C=O) groups excluding carboxylic acids is 1. The third-order valence-corrected chi connectivity index (χ3v) is 4.32. The Morgan fingerprint density at radius 3 is 2.80 bits per heavy atom. The normalized spacial score (nSPS) is 9.92. The summed E-state index contributed by atoms with van der Waals surface area (Å²) in [4.78, 5) is 23.7. The third kappa shape index (κ3) is 4.71. The summed E-state index contributed by atoms with van der Waals surface area (Å²) in [6.45, 7) is 0. The molecule has 25 heavy (non-hydrogen) atoms. The van der Waals surface area contributed by atoms with Crippen LogP contribution >= 0.6 is 11.8 Å². The van der Waals surface area contributed by atoms with E-state index in [1.165, 1.54) is 37.1 Å². The summed E-state index contributed by atoms with van der Waals surface area (Å²) in [5.74, 6) is 0.241. The van der Waals surface area contributed by atoms with E-state index >= 15 is 0 Å². The summed E-state index contributed by atoms with van der Waals surface area (Å²) in [5, 5.41) is 22.5. The molecule has 0 radical (unpaired) electrons. The quantitative estimate of drug-likeness (QED) is 0.349. The van der Waals surface area contributed by atoms with E-state index in [1.54, 1.807) is 12.1 Å². The van der Waals surface area contributed by atoms with Crippen LogP contribution in [0.3, 0.4) is 0 Å². The fourth-order valence-electron chi connectivity index (χ4n) is 2.07. The van der Waals surface area contributed by atoms with Gasteiger partial charge in [0.1, 0.15) is 0 Å². The number of para-hydroxylation sites is 1. The van der Waals surface area contributed by atoms with Gasteiger partial charge in [-0.1, -0.05) is 12.1 Å². The van der Waals surface area contributed by atoms with Gasteiger partial charge in [-0.3, -0.25) is 14.9 Å². The molecule has 0 unspecified atom stereocenters. The van der Waals surface area contributed by atoms with Crippen LogP contribution in [-0.2, 0) is 0 Å². The van der Waals surface area contributed by atoms with Crippen LogP contribution in [0.2, 0.25) is 0 Å². The maximum atomic E-state index is 12.4. The van der Waals surface area contributed by atoms with Gasteiger partial charge in [-0.05, 0) is 24.3 Å². The first-order valence-electron chi connectivity index (χ1n) is 7.29. The highest BCUT2D eigenvalue weighted by Crippen LogP contribution is 2.30. The van der Waals surface area contributed by atoms with Crippen molar-refractivity contribution in [1.82, 2.24) is 0 Å². The fourth-order valence-corrected chi connectivity index (χ4v) is 2.93. The molecule has 0 aliphatic carbocycles. The number of benzene rings is 2. The van der Waals surface area contributed by atoms with E-state index in [0.717, 1.165) is 4.90 Å². The maximum Gasteiger partial charge on any atom is 0.311 e. The molecular formula is C17H15N3O4S. The van der Waals surface area contributed by atoms with Crippen molar-refractivity contribution >= 4 is 29.0 Å². The van der Waals surface area contributed by atoms with E-state index < -0.39 is 10.8 Å². The second kappa shape index (κ2) is 8.70. The highest BCUT2D eigenvalue weighted by molar-refractivity contribution is 7.99. The van der Waals surface area contributed by atoms with Crippen LogP contribution in [0.5, 0.6) is 5.75 Å². The van der Waals surface area contributed by atoms with Crippen LogP contribution in [0, 0.1) is 21.4 Å². The van der Waals surface area contributed by atoms with Gasteiger partial charge < -0.3 is 10.1 Å². The number of hydrogen-bond donors (Lipinski definition) is 1. The Hall–Kier alpha value is -3.05. The van der Waals surface area contributed by atoms with E-state index in [4.69, 9.17) is 10.00 Å². The molecule has 0 bridgehead atoms.